The van der Waals surface area contributed by atoms with Gasteiger partial charge in [-0.05, 0) is 25.0 Å². The van der Waals surface area contributed by atoms with Crippen molar-refractivity contribution in [2.75, 3.05) is 19.3 Å². The molecule has 0 bridgehead atoms. The molecular formula is C15H25NO4S2. The molecule has 0 amide bonds. The molecule has 0 atom stereocenters. The maximum absolute atomic E-state index is 12.9. The number of hydrogen-bond acceptors (Lipinski definition) is 4. The minimum absolute atomic E-state index is 0.121. The summed E-state index contributed by atoms with van der Waals surface area (Å²) >= 11 is 0. The molecule has 126 valence electrons. The van der Waals surface area contributed by atoms with Crippen molar-refractivity contribution in [3.8, 4) is 0 Å². The average Bonchev–Trinajstić information content (AvgIpc) is 2.46. The highest BCUT2D eigenvalue weighted by molar-refractivity contribution is 7.93. The molecular weight excluding hydrogens is 322 g/mol. The van der Waals surface area contributed by atoms with Crippen molar-refractivity contribution in [2.45, 2.75) is 49.3 Å². The van der Waals surface area contributed by atoms with Gasteiger partial charge in [0.05, 0.1) is 4.90 Å². The molecule has 0 aliphatic carbocycles. The molecule has 0 spiro atoms. The van der Waals surface area contributed by atoms with E-state index < -0.39 is 19.9 Å². The first-order valence-electron chi connectivity index (χ1n) is 7.54. The zero-order valence-corrected chi connectivity index (χ0v) is 15.1. The second kappa shape index (κ2) is 8.08. The van der Waals surface area contributed by atoms with E-state index in [0.717, 1.165) is 31.9 Å². The summed E-state index contributed by atoms with van der Waals surface area (Å²) < 4.78 is 50.9. The molecule has 0 aliphatic heterocycles. The van der Waals surface area contributed by atoms with E-state index in [2.05, 4.69) is 0 Å². The first-order chi connectivity index (χ1) is 10.2. The minimum Gasteiger partial charge on any atom is -0.224 e. The maximum atomic E-state index is 12.9. The van der Waals surface area contributed by atoms with Gasteiger partial charge in [0.15, 0.2) is 9.84 Å². The SMILES string of the molecule is CCCCN(CCCC)S(=O)(=O)c1ccccc1S(C)(=O)=O. The highest BCUT2D eigenvalue weighted by Crippen LogP contribution is 2.24. The van der Waals surface area contributed by atoms with Crippen LogP contribution in [0.4, 0.5) is 0 Å². The Kier molecular flexibility index (Phi) is 7.02. The Morgan fingerprint density at radius 2 is 1.32 bits per heavy atom. The summed E-state index contributed by atoms with van der Waals surface area (Å²) in [4.78, 5) is -0.252. The third kappa shape index (κ3) is 4.79. The van der Waals surface area contributed by atoms with Crippen molar-refractivity contribution in [1.29, 1.82) is 0 Å². The lowest BCUT2D eigenvalue weighted by Crippen LogP contribution is -2.33. The number of sulfone groups is 1. The summed E-state index contributed by atoms with van der Waals surface area (Å²) in [5, 5.41) is 0. The van der Waals surface area contributed by atoms with E-state index in [1.165, 1.54) is 22.5 Å². The summed E-state index contributed by atoms with van der Waals surface area (Å²) in [7, 11) is -7.40. The van der Waals surface area contributed by atoms with Gasteiger partial charge in [-0.15, -0.1) is 0 Å². The fourth-order valence-corrected chi connectivity index (χ4v) is 5.25. The van der Waals surface area contributed by atoms with E-state index in [0.29, 0.717) is 13.1 Å². The molecule has 0 heterocycles. The van der Waals surface area contributed by atoms with Crippen LogP contribution in [0.15, 0.2) is 34.1 Å². The molecule has 22 heavy (non-hydrogen) atoms. The molecule has 0 aromatic heterocycles. The van der Waals surface area contributed by atoms with Gasteiger partial charge in [-0.3, -0.25) is 0 Å². The van der Waals surface area contributed by atoms with Crippen LogP contribution in [0, 0.1) is 0 Å². The summed E-state index contributed by atoms with van der Waals surface area (Å²) in [5.74, 6) is 0. The Labute approximate surface area is 134 Å². The van der Waals surface area contributed by atoms with Crippen LogP contribution in [0.5, 0.6) is 0 Å². The quantitative estimate of drug-likeness (QED) is 0.688. The second-order valence-electron chi connectivity index (χ2n) is 5.33. The number of unbranched alkanes of at least 4 members (excludes halogenated alkanes) is 2. The van der Waals surface area contributed by atoms with E-state index in [1.807, 2.05) is 13.8 Å². The Morgan fingerprint density at radius 3 is 1.73 bits per heavy atom. The second-order valence-corrected chi connectivity index (χ2v) is 9.22. The predicted molar refractivity (Wildman–Crippen MR) is 88.1 cm³/mol. The lowest BCUT2D eigenvalue weighted by molar-refractivity contribution is 0.394. The van der Waals surface area contributed by atoms with Crippen molar-refractivity contribution in [1.82, 2.24) is 4.31 Å². The normalized spacial score (nSPS) is 12.7. The number of benzene rings is 1. The van der Waals surface area contributed by atoms with Crippen LogP contribution >= 0.6 is 0 Å². The molecule has 1 aromatic carbocycles. The minimum atomic E-state index is -3.81. The van der Waals surface area contributed by atoms with E-state index in [-0.39, 0.29) is 9.79 Å². The predicted octanol–water partition coefficient (Wildman–Crippen LogP) is 2.68. The van der Waals surface area contributed by atoms with Crippen molar-refractivity contribution in [2.24, 2.45) is 0 Å². The van der Waals surface area contributed by atoms with Gasteiger partial charge in [0.2, 0.25) is 10.0 Å². The Hall–Kier alpha value is -0.920. The molecule has 0 N–H and O–H groups in total. The van der Waals surface area contributed by atoms with E-state index >= 15 is 0 Å². The summed E-state index contributed by atoms with van der Waals surface area (Å²) in [5.41, 5.74) is 0. The monoisotopic (exact) mass is 347 g/mol. The number of sulfonamides is 1. The third-order valence-electron chi connectivity index (χ3n) is 3.39. The Morgan fingerprint density at radius 1 is 0.864 bits per heavy atom. The number of hydrogen-bond donors (Lipinski definition) is 0. The lowest BCUT2D eigenvalue weighted by atomic mass is 10.3. The van der Waals surface area contributed by atoms with Crippen molar-refractivity contribution >= 4 is 19.9 Å². The molecule has 0 radical (unpaired) electrons. The lowest BCUT2D eigenvalue weighted by Gasteiger charge is -2.23. The van der Waals surface area contributed by atoms with E-state index in [1.54, 1.807) is 6.07 Å². The molecule has 5 nitrogen and oxygen atoms in total. The van der Waals surface area contributed by atoms with Crippen molar-refractivity contribution < 1.29 is 16.8 Å². The smallest absolute Gasteiger partial charge is 0.224 e. The van der Waals surface area contributed by atoms with Gasteiger partial charge in [0.1, 0.15) is 4.90 Å². The molecule has 0 aliphatic rings. The fraction of sp³-hybridized carbons (Fsp3) is 0.600. The summed E-state index contributed by atoms with van der Waals surface area (Å²) in [6.07, 6.45) is 4.30. The van der Waals surface area contributed by atoms with Crippen LogP contribution in [0.25, 0.3) is 0 Å². The number of rotatable bonds is 9. The largest absolute Gasteiger partial charge is 0.244 e. The first kappa shape index (κ1) is 19.1. The molecule has 7 heteroatoms. The Bertz CT molecular complexity index is 673. The van der Waals surface area contributed by atoms with Gasteiger partial charge in [0.25, 0.3) is 0 Å². The van der Waals surface area contributed by atoms with Gasteiger partial charge in [-0.2, -0.15) is 4.31 Å². The zero-order valence-electron chi connectivity index (χ0n) is 13.4. The van der Waals surface area contributed by atoms with Crippen LogP contribution < -0.4 is 0 Å². The third-order valence-corrected chi connectivity index (χ3v) is 6.63. The van der Waals surface area contributed by atoms with Crippen molar-refractivity contribution in [3.63, 3.8) is 0 Å². The van der Waals surface area contributed by atoms with Gasteiger partial charge in [0, 0.05) is 19.3 Å². The van der Waals surface area contributed by atoms with Gasteiger partial charge < -0.3 is 0 Å². The van der Waals surface area contributed by atoms with E-state index in [4.69, 9.17) is 0 Å². The Balaban J connectivity index is 3.31. The van der Waals surface area contributed by atoms with Gasteiger partial charge in [-0.25, -0.2) is 16.8 Å². The highest BCUT2D eigenvalue weighted by atomic mass is 32.2. The molecule has 0 saturated heterocycles. The summed E-state index contributed by atoms with van der Waals surface area (Å²) in [6.45, 7) is 4.82. The fourth-order valence-electron chi connectivity index (χ4n) is 2.13. The average molecular weight is 348 g/mol. The topological polar surface area (TPSA) is 71.5 Å². The standard InChI is InChI=1S/C15H25NO4S2/c1-4-6-12-16(13-7-5-2)22(19,20)15-11-9-8-10-14(15)21(3,17)18/h8-11H,4-7,12-13H2,1-3H3. The van der Waals surface area contributed by atoms with Gasteiger partial charge in [-0.1, -0.05) is 38.8 Å². The van der Waals surface area contributed by atoms with Crippen LogP contribution in [0.1, 0.15) is 39.5 Å². The molecule has 0 unspecified atom stereocenters. The molecule has 1 rings (SSSR count). The molecule has 0 fully saturated rings. The summed E-state index contributed by atoms with van der Waals surface area (Å²) in [6, 6.07) is 5.81. The molecule has 0 saturated carbocycles. The van der Waals surface area contributed by atoms with Crippen LogP contribution in [-0.2, 0) is 19.9 Å². The van der Waals surface area contributed by atoms with Crippen LogP contribution in [0.2, 0.25) is 0 Å². The van der Waals surface area contributed by atoms with Crippen LogP contribution in [-0.4, -0.2) is 40.5 Å². The molecule has 1 aromatic rings. The van der Waals surface area contributed by atoms with Crippen LogP contribution in [0.3, 0.4) is 0 Å². The van der Waals surface area contributed by atoms with Crippen molar-refractivity contribution in [3.05, 3.63) is 24.3 Å². The first-order valence-corrected chi connectivity index (χ1v) is 10.9. The zero-order chi connectivity index (χ0) is 16.8. The number of nitrogens with zero attached hydrogens (tertiary/aromatic N) is 1. The van der Waals surface area contributed by atoms with E-state index in [9.17, 15) is 16.8 Å². The highest BCUT2D eigenvalue weighted by Gasteiger charge is 2.28. The maximum Gasteiger partial charge on any atom is 0.244 e. The van der Waals surface area contributed by atoms with Gasteiger partial charge >= 0.3 is 0 Å².